The minimum absolute atomic E-state index is 0.0251. The number of aromatic nitrogens is 2. The summed E-state index contributed by atoms with van der Waals surface area (Å²) in [6, 6.07) is 9.59. The molecule has 2 aromatic heterocycles. The smallest absolute Gasteiger partial charge is 0.269 e. The minimum Gasteiger partial charge on any atom is -0.338 e. The molecule has 0 bridgehead atoms. The first-order chi connectivity index (χ1) is 13.6. The number of amides is 1. The van der Waals surface area contributed by atoms with Crippen LogP contribution in [0.3, 0.4) is 0 Å². The molecule has 1 aliphatic rings. The lowest BCUT2D eigenvalue weighted by Gasteiger charge is -2.34. The minimum atomic E-state index is -0.478. The van der Waals surface area contributed by atoms with Gasteiger partial charge in [0.05, 0.1) is 16.3 Å². The second kappa shape index (κ2) is 7.87. The predicted octanol–water partition coefficient (Wildman–Crippen LogP) is 2.66. The molecule has 4 rings (SSSR count). The van der Waals surface area contributed by atoms with Crippen LogP contribution in [0.2, 0.25) is 0 Å². The molecule has 0 N–H and O–H groups in total. The Bertz CT molecular complexity index is 962. The SMILES string of the molecule is O=C(c1ccc([N+](=O)[O-])cc1)N1CCN(Cc2nc(-c3cccs3)no2)CC1. The number of hydrogen-bond donors (Lipinski definition) is 0. The molecule has 1 fully saturated rings. The van der Waals surface area contributed by atoms with Crippen LogP contribution in [0.25, 0.3) is 10.7 Å². The third kappa shape index (κ3) is 3.92. The van der Waals surface area contributed by atoms with Gasteiger partial charge in [-0.3, -0.25) is 19.8 Å². The zero-order valence-electron chi connectivity index (χ0n) is 14.9. The molecular formula is C18H17N5O4S. The number of piperazine rings is 1. The highest BCUT2D eigenvalue weighted by Gasteiger charge is 2.24. The first-order valence-corrected chi connectivity index (χ1v) is 9.60. The lowest BCUT2D eigenvalue weighted by atomic mass is 10.1. The monoisotopic (exact) mass is 399 g/mol. The molecule has 0 aliphatic carbocycles. The van der Waals surface area contributed by atoms with Gasteiger partial charge in [-0.15, -0.1) is 11.3 Å². The first-order valence-electron chi connectivity index (χ1n) is 8.73. The third-order valence-electron chi connectivity index (χ3n) is 4.55. The maximum Gasteiger partial charge on any atom is 0.269 e. The first kappa shape index (κ1) is 18.3. The normalized spacial score (nSPS) is 14.9. The number of rotatable bonds is 5. The van der Waals surface area contributed by atoms with E-state index in [0.717, 1.165) is 4.88 Å². The van der Waals surface area contributed by atoms with Gasteiger partial charge in [-0.05, 0) is 23.6 Å². The molecular weight excluding hydrogens is 382 g/mol. The average Bonchev–Trinajstić information content (AvgIpc) is 3.40. The van der Waals surface area contributed by atoms with Crippen LogP contribution in [0.5, 0.6) is 0 Å². The Balaban J connectivity index is 1.32. The number of nitrogens with zero attached hydrogens (tertiary/aromatic N) is 5. The number of carbonyl (C=O) groups is 1. The molecule has 1 aliphatic heterocycles. The molecule has 0 atom stereocenters. The molecule has 28 heavy (non-hydrogen) atoms. The van der Waals surface area contributed by atoms with Gasteiger partial charge < -0.3 is 9.42 Å². The van der Waals surface area contributed by atoms with Gasteiger partial charge in [0.2, 0.25) is 11.7 Å². The van der Waals surface area contributed by atoms with Crippen molar-refractivity contribution in [3.63, 3.8) is 0 Å². The van der Waals surface area contributed by atoms with Crippen molar-refractivity contribution in [3.05, 3.63) is 63.3 Å². The Morgan fingerprint density at radius 3 is 2.57 bits per heavy atom. The lowest BCUT2D eigenvalue weighted by Crippen LogP contribution is -2.48. The standard InChI is InChI=1S/C18H17N5O4S/c24-18(13-3-5-14(6-4-13)23(25)26)22-9-7-21(8-10-22)12-16-19-17(20-27-16)15-2-1-11-28-15/h1-6,11H,7-10,12H2. The van der Waals surface area contributed by atoms with Gasteiger partial charge in [-0.2, -0.15) is 4.98 Å². The van der Waals surface area contributed by atoms with Crippen LogP contribution < -0.4 is 0 Å². The molecule has 1 amide bonds. The fraction of sp³-hybridized carbons (Fsp3) is 0.278. The van der Waals surface area contributed by atoms with Crippen molar-refractivity contribution in [2.45, 2.75) is 6.54 Å². The number of benzene rings is 1. The molecule has 0 unspecified atom stereocenters. The summed E-state index contributed by atoms with van der Waals surface area (Å²) in [7, 11) is 0. The van der Waals surface area contributed by atoms with Crippen LogP contribution in [0.4, 0.5) is 5.69 Å². The van der Waals surface area contributed by atoms with Crippen LogP contribution in [0.1, 0.15) is 16.2 Å². The third-order valence-corrected chi connectivity index (χ3v) is 5.42. The molecule has 0 saturated carbocycles. The second-order valence-corrected chi connectivity index (χ2v) is 7.31. The second-order valence-electron chi connectivity index (χ2n) is 6.36. The Hall–Kier alpha value is -3.11. The van der Waals surface area contributed by atoms with Crippen molar-refractivity contribution in [3.8, 4) is 10.7 Å². The van der Waals surface area contributed by atoms with E-state index in [9.17, 15) is 14.9 Å². The largest absolute Gasteiger partial charge is 0.338 e. The molecule has 0 radical (unpaired) electrons. The zero-order valence-corrected chi connectivity index (χ0v) is 15.7. The van der Waals surface area contributed by atoms with E-state index in [1.54, 1.807) is 16.2 Å². The number of nitro benzene ring substituents is 1. The van der Waals surface area contributed by atoms with Crippen molar-refractivity contribution >= 4 is 22.9 Å². The molecule has 144 valence electrons. The van der Waals surface area contributed by atoms with Crippen molar-refractivity contribution in [1.82, 2.24) is 19.9 Å². The highest BCUT2D eigenvalue weighted by Crippen LogP contribution is 2.22. The van der Waals surface area contributed by atoms with E-state index in [0.29, 0.717) is 50.0 Å². The Labute approximate surface area is 164 Å². The molecule has 1 saturated heterocycles. The fourth-order valence-corrected chi connectivity index (χ4v) is 3.68. The molecule has 1 aromatic carbocycles. The van der Waals surface area contributed by atoms with E-state index in [4.69, 9.17) is 4.52 Å². The Kier molecular flexibility index (Phi) is 5.13. The zero-order chi connectivity index (χ0) is 19.5. The number of carbonyl (C=O) groups excluding carboxylic acids is 1. The van der Waals surface area contributed by atoms with Crippen LogP contribution in [-0.2, 0) is 6.54 Å². The molecule has 0 spiro atoms. The number of nitro groups is 1. The van der Waals surface area contributed by atoms with Crippen molar-refractivity contribution < 1.29 is 14.2 Å². The number of thiophene rings is 1. The summed E-state index contributed by atoms with van der Waals surface area (Å²) in [6.07, 6.45) is 0. The summed E-state index contributed by atoms with van der Waals surface area (Å²) in [5, 5.41) is 16.7. The van der Waals surface area contributed by atoms with Crippen LogP contribution in [0, 0.1) is 10.1 Å². The van der Waals surface area contributed by atoms with Crippen molar-refractivity contribution in [2.24, 2.45) is 0 Å². The van der Waals surface area contributed by atoms with E-state index >= 15 is 0 Å². The summed E-state index contributed by atoms with van der Waals surface area (Å²) in [5.74, 6) is 1.03. The highest BCUT2D eigenvalue weighted by molar-refractivity contribution is 7.13. The number of non-ortho nitro benzene ring substituents is 1. The molecule has 3 heterocycles. The quantitative estimate of drug-likeness (QED) is 0.480. The Morgan fingerprint density at radius 1 is 1.18 bits per heavy atom. The van der Waals surface area contributed by atoms with Gasteiger partial charge in [0.1, 0.15) is 0 Å². The van der Waals surface area contributed by atoms with Crippen LogP contribution >= 0.6 is 11.3 Å². The predicted molar refractivity (Wildman–Crippen MR) is 102 cm³/mol. The van der Waals surface area contributed by atoms with Crippen molar-refractivity contribution in [1.29, 1.82) is 0 Å². The maximum atomic E-state index is 12.6. The van der Waals surface area contributed by atoms with E-state index in [2.05, 4.69) is 15.0 Å². The Morgan fingerprint density at radius 2 is 1.93 bits per heavy atom. The number of hydrogen-bond acceptors (Lipinski definition) is 8. The van der Waals surface area contributed by atoms with Crippen molar-refractivity contribution in [2.75, 3.05) is 26.2 Å². The van der Waals surface area contributed by atoms with Gasteiger partial charge in [0, 0.05) is 43.9 Å². The van der Waals surface area contributed by atoms with Gasteiger partial charge in [0.25, 0.3) is 11.6 Å². The van der Waals surface area contributed by atoms with E-state index in [1.807, 2.05) is 17.5 Å². The summed E-state index contributed by atoms with van der Waals surface area (Å²) in [5.41, 5.74) is 0.430. The van der Waals surface area contributed by atoms with Gasteiger partial charge in [0.15, 0.2) is 0 Å². The molecule has 3 aromatic rings. The summed E-state index contributed by atoms with van der Waals surface area (Å²) >= 11 is 1.56. The van der Waals surface area contributed by atoms with Gasteiger partial charge in [-0.25, -0.2) is 0 Å². The highest BCUT2D eigenvalue weighted by atomic mass is 32.1. The lowest BCUT2D eigenvalue weighted by molar-refractivity contribution is -0.384. The average molecular weight is 399 g/mol. The molecule has 10 heteroatoms. The maximum absolute atomic E-state index is 12.6. The van der Waals surface area contributed by atoms with E-state index in [1.165, 1.54) is 24.3 Å². The fourth-order valence-electron chi connectivity index (χ4n) is 3.03. The van der Waals surface area contributed by atoms with Gasteiger partial charge >= 0.3 is 0 Å². The van der Waals surface area contributed by atoms with E-state index < -0.39 is 4.92 Å². The summed E-state index contributed by atoms with van der Waals surface area (Å²) < 4.78 is 5.33. The van der Waals surface area contributed by atoms with E-state index in [-0.39, 0.29) is 11.6 Å². The van der Waals surface area contributed by atoms with Crippen LogP contribution in [0.15, 0.2) is 46.3 Å². The van der Waals surface area contributed by atoms with Crippen LogP contribution in [-0.4, -0.2) is 56.9 Å². The topological polar surface area (TPSA) is 106 Å². The summed E-state index contributed by atoms with van der Waals surface area (Å²) in [6.45, 7) is 3.06. The summed E-state index contributed by atoms with van der Waals surface area (Å²) in [4.78, 5) is 32.1. The molecule has 9 nitrogen and oxygen atoms in total. The van der Waals surface area contributed by atoms with Gasteiger partial charge in [-0.1, -0.05) is 11.2 Å².